The minimum atomic E-state index is -0.382. The van der Waals surface area contributed by atoms with Crippen molar-refractivity contribution in [2.75, 3.05) is 19.6 Å². The van der Waals surface area contributed by atoms with E-state index in [0.717, 1.165) is 37.4 Å². The summed E-state index contributed by atoms with van der Waals surface area (Å²) in [5.74, 6) is 2.32. The molecule has 2 aliphatic carbocycles. The van der Waals surface area contributed by atoms with E-state index in [9.17, 15) is 9.90 Å². The standard InChI is InChI=1S/C19H23NO3/c21-15-3-1-2-14-17(15)23-18-16(22)7-6-13-11-20(10-12-4-5-12)9-8-19(13,14)18/h1-3,12-13,18,21H,4-11H2/t13-,18-,19-/m0/s1. The van der Waals surface area contributed by atoms with Gasteiger partial charge in [0, 0.05) is 30.5 Å². The molecule has 23 heavy (non-hydrogen) atoms. The number of benzene rings is 1. The molecular formula is C19H23NO3. The van der Waals surface area contributed by atoms with Crippen LogP contribution in [0.2, 0.25) is 0 Å². The Hall–Kier alpha value is -1.55. The van der Waals surface area contributed by atoms with Gasteiger partial charge >= 0.3 is 0 Å². The number of ketones is 1. The smallest absolute Gasteiger partial charge is 0.174 e. The molecular weight excluding hydrogens is 290 g/mol. The van der Waals surface area contributed by atoms with Gasteiger partial charge in [-0.25, -0.2) is 0 Å². The quantitative estimate of drug-likeness (QED) is 0.911. The maximum Gasteiger partial charge on any atom is 0.174 e. The highest BCUT2D eigenvalue weighted by Crippen LogP contribution is 2.57. The zero-order valence-corrected chi connectivity index (χ0v) is 13.3. The molecule has 0 amide bonds. The fourth-order valence-electron chi connectivity index (χ4n) is 5.17. The van der Waals surface area contributed by atoms with Crippen molar-refractivity contribution in [3.63, 3.8) is 0 Å². The van der Waals surface area contributed by atoms with Crippen molar-refractivity contribution in [3.8, 4) is 11.5 Å². The highest BCUT2D eigenvalue weighted by molar-refractivity contribution is 5.88. The van der Waals surface area contributed by atoms with Crippen molar-refractivity contribution < 1.29 is 14.6 Å². The molecule has 1 spiro atoms. The lowest BCUT2D eigenvalue weighted by Gasteiger charge is -2.50. The first-order valence-electron chi connectivity index (χ1n) is 8.92. The minimum Gasteiger partial charge on any atom is -0.504 e. The van der Waals surface area contributed by atoms with E-state index in [1.54, 1.807) is 6.07 Å². The Labute approximate surface area is 136 Å². The van der Waals surface area contributed by atoms with Crippen LogP contribution < -0.4 is 4.74 Å². The number of piperidine rings is 1. The molecule has 0 aromatic heterocycles. The summed E-state index contributed by atoms with van der Waals surface area (Å²) in [6.45, 7) is 3.33. The number of Topliss-reactive ketones (excluding diaryl/α,β-unsaturated/α-hetero) is 1. The number of hydrogen-bond acceptors (Lipinski definition) is 4. The predicted molar refractivity (Wildman–Crippen MR) is 85.7 cm³/mol. The first-order valence-corrected chi connectivity index (χ1v) is 8.92. The summed E-state index contributed by atoms with van der Waals surface area (Å²) in [5.41, 5.74) is 0.871. The molecule has 2 heterocycles. The van der Waals surface area contributed by atoms with Gasteiger partial charge in [-0.1, -0.05) is 12.1 Å². The summed E-state index contributed by atoms with van der Waals surface area (Å²) < 4.78 is 6.02. The first kappa shape index (κ1) is 13.8. The van der Waals surface area contributed by atoms with Crippen LogP contribution in [0.4, 0.5) is 0 Å². The number of likely N-dealkylation sites (tertiary alicyclic amines) is 1. The Balaban J connectivity index is 1.54. The van der Waals surface area contributed by atoms with Gasteiger partial charge in [-0.2, -0.15) is 0 Å². The highest BCUT2D eigenvalue weighted by Gasteiger charge is 2.60. The van der Waals surface area contributed by atoms with Gasteiger partial charge in [-0.15, -0.1) is 0 Å². The van der Waals surface area contributed by atoms with Crippen molar-refractivity contribution in [2.45, 2.75) is 43.6 Å². The lowest BCUT2D eigenvalue weighted by Crippen LogP contribution is -2.59. The van der Waals surface area contributed by atoms with E-state index in [2.05, 4.69) is 11.0 Å². The molecule has 5 rings (SSSR count). The van der Waals surface area contributed by atoms with Gasteiger partial charge in [0.1, 0.15) is 0 Å². The maximum absolute atomic E-state index is 12.6. The van der Waals surface area contributed by atoms with Crippen LogP contribution in [-0.2, 0) is 10.2 Å². The number of phenols is 1. The number of fused-ring (bicyclic) bond motifs is 1. The molecule has 1 aromatic carbocycles. The van der Waals surface area contributed by atoms with E-state index in [1.807, 2.05) is 6.07 Å². The zero-order valence-electron chi connectivity index (χ0n) is 13.3. The minimum absolute atomic E-state index is 0.179. The summed E-state index contributed by atoms with van der Waals surface area (Å²) >= 11 is 0. The number of para-hydroxylation sites is 1. The van der Waals surface area contributed by atoms with Crippen LogP contribution in [0, 0.1) is 11.8 Å². The molecule has 4 nitrogen and oxygen atoms in total. The molecule has 122 valence electrons. The Kier molecular flexibility index (Phi) is 2.85. The highest BCUT2D eigenvalue weighted by atomic mass is 16.5. The SMILES string of the molecule is O=C1CC[C@H]2CN(CC3CC3)CC[C@@]23c2cccc(O)c2O[C@@H]13. The second-order valence-electron chi connectivity index (χ2n) is 7.85. The summed E-state index contributed by atoms with van der Waals surface area (Å²) in [6, 6.07) is 5.62. The molecule has 2 saturated carbocycles. The molecule has 3 fully saturated rings. The topological polar surface area (TPSA) is 49.8 Å². The van der Waals surface area contributed by atoms with E-state index in [0.29, 0.717) is 18.1 Å². The Morgan fingerprint density at radius 2 is 2.17 bits per heavy atom. The molecule has 4 heteroatoms. The second kappa shape index (κ2) is 4.73. The lowest BCUT2D eigenvalue weighted by atomic mass is 9.58. The number of carbonyl (C=O) groups is 1. The summed E-state index contributed by atoms with van der Waals surface area (Å²) in [6.07, 6.45) is 4.92. The normalized spacial score (nSPS) is 36.1. The molecule has 1 aromatic rings. The van der Waals surface area contributed by atoms with Gasteiger partial charge in [0.05, 0.1) is 0 Å². The summed E-state index contributed by atoms with van der Waals surface area (Å²) in [7, 11) is 0. The van der Waals surface area contributed by atoms with Gasteiger partial charge < -0.3 is 14.7 Å². The van der Waals surface area contributed by atoms with Crippen molar-refractivity contribution in [3.05, 3.63) is 23.8 Å². The predicted octanol–water partition coefficient (Wildman–Crippen LogP) is 2.49. The van der Waals surface area contributed by atoms with Crippen molar-refractivity contribution in [1.82, 2.24) is 4.90 Å². The second-order valence-corrected chi connectivity index (χ2v) is 7.85. The van der Waals surface area contributed by atoms with Crippen LogP contribution in [0.1, 0.15) is 37.7 Å². The summed E-state index contributed by atoms with van der Waals surface area (Å²) in [5, 5.41) is 10.2. The zero-order chi connectivity index (χ0) is 15.6. The van der Waals surface area contributed by atoms with E-state index in [1.165, 1.54) is 19.4 Å². The number of phenolic OH excluding ortho intramolecular Hbond substituents is 1. The van der Waals surface area contributed by atoms with E-state index < -0.39 is 0 Å². The van der Waals surface area contributed by atoms with Crippen molar-refractivity contribution >= 4 is 5.78 Å². The monoisotopic (exact) mass is 313 g/mol. The molecule has 0 bridgehead atoms. The number of aromatic hydroxyl groups is 1. The Morgan fingerprint density at radius 3 is 3.00 bits per heavy atom. The van der Waals surface area contributed by atoms with E-state index >= 15 is 0 Å². The number of carbonyl (C=O) groups excluding carboxylic acids is 1. The van der Waals surface area contributed by atoms with E-state index in [4.69, 9.17) is 4.74 Å². The molecule has 1 saturated heterocycles. The molecule has 0 radical (unpaired) electrons. The molecule has 3 atom stereocenters. The average Bonchev–Trinajstić information content (AvgIpc) is 3.29. The maximum atomic E-state index is 12.6. The average molecular weight is 313 g/mol. The van der Waals surface area contributed by atoms with Crippen LogP contribution in [0.15, 0.2) is 18.2 Å². The van der Waals surface area contributed by atoms with Crippen molar-refractivity contribution in [2.24, 2.45) is 11.8 Å². The van der Waals surface area contributed by atoms with Crippen molar-refractivity contribution in [1.29, 1.82) is 0 Å². The van der Waals surface area contributed by atoms with Crippen LogP contribution >= 0.6 is 0 Å². The number of ether oxygens (including phenoxy) is 1. The molecule has 1 N–H and O–H groups in total. The third-order valence-corrected chi connectivity index (χ3v) is 6.49. The Bertz CT molecular complexity index is 669. The van der Waals surface area contributed by atoms with Gasteiger partial charge in [0.15, 0.2) is 23.4 Å². The van der Waals surface area contributed by atoms with Gasteiger partial charge in [0.2, 0.25) is 0 Å². The number of hydrogen-bond donors (Lipinski definition) is 1. The number of rotatable bonds is 2. The van der Waals surface area contributed by atoms with Gasteiger partial charge in [-0.05, 0) is 50.1 Å². The fourth-order valence-corrected chi connectivity index (χ4v) is 5.17. The molecule has 0 unspecified atom stereocenters. The summed E-state index contributed by atoms with van der Waals surface area (Å²) in [4.78, 5) is 15.2. The largest absolute Gasteiger partial charge is 0.504 e. The first-order chi connectivity index (χ1) is 11.2. The van der Waals surface area contributed by atoms with Crippen LogP contribution in [-0.4, -0.2) is 41.5 Å². The molecule has 2 aliphatic heterocycles. The molecule has 4 aliphatic rings. The van der Waals surface area contributed by atoms with E-state index in [-0.39, 0.29) is 23.1 Å². The van der Waals surface area contributed by atoms with Crippen LogP contribution in [0.3, 0.4) is 0 Å². The third-order valence-electron chi connectivity index (χ3n) is 6.49. The Morgan fingerprint density at radius 1 is 1.30 bits per heavy atom. The third kappa shape index (κ3) is 1.90. The van der Waals surface area contributed by atoms with Gasteiger partial charge in [0.25, 0.3) is 0 Å². The number of nitrogens with zero attached hydrogens (tertiary/aromatic N) is 1. The fraction of sp³-hybridized carbons (Fsp3) is 0.632. The lowest BCUT2D eigenvalue weighted by molar-refractivity contribution is -0.135. The van der Waals surface area contributed by atoms with Gasteiger partial charge in [-0.3, -0.25) is 4.79 Å². The van der Waals surface area contributed by atoms with Crippen LogP contribution in [0.5, 0.6) is 11.5 Å². The van der Waals surface area contributed by atoms with Crippen LogP contribution in [0.25, 0.3) is 0 Å².